The highest BCUT2D eigenvalue weighted by atomic mass is 32.1. The standard InChI is InChI=1S/C20H24N6O2S.CH2O2/c1-4-25-15-8-6-5-7-14(15)22-16(25)10-21-18(28)13-9-17(27)26(11-13)20-24-23-19(29-20)12(2)3;2-1-3/h5-8,12-13H,4,9-11H2,1-3H3,(H,21,28);1H,(H,2,3). The molecular formula is C21H26N6O4S. The van der Waals surface area contributed by atoms with Crippen LogP contribution >= 0.6 is 11.3 Å². The maximum atomic E-state index is 12.7. The molecule has 2 N–H and O–H groups in total. The van der Waals surface area contributed by atoms with Crippen molar-refractivity contribution in [2.24, 2.45) is 5.92 Å². The number of hydrogen-bond acceptors (Lipinski definition) is 7. The second-order valence-corrected chi connectivity index (χ2v) is 8.55. The second-order valence-electron chi connectivity index (χ2n) is 7.57. The van der Waals surface area contributed by atoms with Crippen LogP contribution in [0.2, 0.25) is 0 Å². The number of carbonyl (C=O) groups is 3. The van der Waals surface area contributed by atoms with Gasteiger partial charge in [0, 0.05) is 25.4 Å². The van der Waals surface area contributed by atoms with E-state index in [1.54, 1.807) is 4.90 Å². The number of aryl methyl sites for hydroxylation is 1. The van der Waals surface area contributed by atoms with Crippen molar-refractivity contribution in [1.29, 1.82) is 0 Å². The SMILES string of the molecule is CCn1c(CNC(=O)C2CC(=O)N(c3nnc(C(C)C)s3)C2)nc2ccccc21.O=CO. The van der Waals surface area contributed by atoms with Crippen LogP contribution < -0.4 is 10.2 Å². The predicted octanol–water partition coefficient (Wildman–Crippen LogP) is 2.40. The zero-order valence-corrected chi connectivity index (χ0v) is 19.0. The van der Waals surface area contributed by atoms with Gasteiger partial charge in [0.1, 0.15) is 10.8 Å². The number of benzene rings is 1. The van der Waals surface area contributed by atoms with Gasteiger partial charge in [0.15, 0.2) is 0 Å². The summed E-state index contributed by atoms with van der Waals surface area (Å²) < 4.78 is 2.09. The van der Waals surface area contributed by atoms with Crippen molar-refractivity contribution in [2.75, 3.05) is 11.4 Å². The minimum absolute atomic E-state index is 0.0857. The Hall–Kier alpha value is -3.34. The number of rotatable bonds is 6. The summed E-state index contributed by atoms with van der Waals surface area (Å²) in [6.07, 6.45) is 0.187. The summed E-state index contributed by atoms with van der Waals surface area (Å²) in [5, 5.41) is 19.6. The molecule has 4 rings (SSSR count). The number of hydrogen-bond donors (Lipinski definition) is 2. The number of anilines is 1. The first-order chi connectivity index (χ1) is 15.4. The Morgan fingerprint density at radius 3 is 2.72 bits per heavy atom. The Labute approximate surface area is 189 Å². The molecular weight excluding hydrogens is 432 g/mol. The van der Waals surface area contributed by atoms with Gasteiger partial charge in [-0.3, -0.25) is 19.3 Å². The first kappa shape index (κ1) is 23.3. The maximum Gasteiger partial charge on any atom is 0.290 e. The molecule has 170 valence electrons. The molecule has 2 aromatic heterocycles. The van der Waals surface area contributed by atoms with Crippen LogP contribution in [0.3, 0.4) is 0 Å². The van der Waals surface area contributed by atoms with Crippen LogP contribution in [0.5, 0.6) is 0 Å². The Morgan fingerprint density at radius 2 is 2.06 bits per heavy atom. The summed E-state index contributed by atoms with van der Waals surface area (Å²) in [7, 11) is 0. The molecule has 1 aliphatic heterocycles. The smallest absolute Gasteiger partial charge is 0.290 e. The molecule has 1 fully saturated rings. The van der Waals surface area contributed by atoms with Crippen molar-refractivity contribution in [3.05, 3.63) is 35.1 Å². The lowest BCUT2D eigenvalue weighted by Gasteiger charge is -2.13. The summed E-state index contributed by atoms with van der Waals surface area (Å²) in [5.74, 6) is 0.458. The Kier molecular flexibility index (Phi) is 7.52. The molecule has 0 radical (unpaired) electrons. The number of para-hydroxylation sites is 2. The van der Waals surface area contributed by atoms with E-state index < -0.39 is 5.92 Å². The quantitative estimate of drug-likeness (QED) is 0.542. The zero-order valence-electron chi connectivity index (χ0n) is 18.2. The highest BCUT2D eigenvalue weighted by Crippen LogP contribution is 2.30. The van der Waals surface area contributed by atoms with Gasteiger partial charge in [-0.25, -0.2) is 4.98 Å². The fourth-order valence-corrected chi connectivity index (χ4v) is 4.43. The molecule has 32 heavy (non-hydrogen) atoms. The molecule has 2 amide bonds. The maximum absolute atomic E-state index is 12.7. The van der Waals surface area contributed by atoms with Crippen LogP contribution in [-0.2, 0) is 27.5 Å². The normalized spacial score (nSPS) is 15.7. The number of amides is 2. The third kappa shape index (κ3) is 4.93. The molecule has 0 aliphatic carbocycles. The van der Waals surface area contributed by atoms with E-state index in [1.165, 1.54) is 11.3 Å². The van der Waals surface area contributed by atoms with Crippen LogP contribution in [-0.4, -0.2) is 49.7 Å². The molecule has 1 aliphatic rings. The van der Waals surface area contributed by atoms with Crippen LogP contribution in [0.15, 0.2) is 24.3 Å². The Balaban J connectivity index is 0.000000913. The Bertz CT molecular complexity index is 1110. The third-order valence-corrected chi connectivity index (χ3v) is 6.37. The minimum Gasteiger partial charge on any atom is -0.483 e. The van der Waals surface area contributed by atoms with Crippen LogP contribution in [0.25, 0.3) is 11.0 Å². The van der Waals surface area contributed by atoms with Crippen LogP contribution in [0.1, 0.15) is 43.9 Å². The first-order valence-electron chi connectivity index (χ1n) is 10.3. The molecule has 0 spiro atoms. The van der Waals surface area contributed by atoms with Crippen molar-refractivity contribution in [2.45, 2.75) is 46.2 Å². The molecule has 10 nitrogen and oxygen atoms in total. The van der Waals surface area contributed by atoms with Gasteiger partial charge in [-0.1, -0.05) is 37.3 Å². The molecule has 1 unspecified atom stereocenters. The molecule has 0 saturated carbocycles. The lowest BCUT2D eigenvalue weighted by molar-refractivity contribution is -0.126. The van der Waals surface area contributed by atoms with Gasteiger partial charge in [0.2, 0.25) is 16.9 Å². The number of aromatic nitrogens is 4. The van der Waals surface area contributed by atoms with Gasteiger partial charge < -0.3 is 15.0 Å². The summed E-state index contributed by atoms with van der Waals surface area (Å²) in [4.78, 5) is 39.7. The van der Waals surface area contributed by atoms with Crippen LogP contribution in [0, 0.1) is 5.92 Å². The van der Waals surface area contributed by atoms with E-state index in [1.807, 2.05) is 38.1 Å². The summed E-state index contributed by atoms with van der Waals surface area (Å²) >= 11 is 1.41. The van der Waals surface area contributed by atoms with Crippen molar-refractivity contribution in [3.8, 4) is 0 Å². The minimum atomic E-state index is -0.395. The molecule has 11 heteroatoms. The summed E-state index contributed by atoms with van der Waals surface area (Å²) in [5.41, 5.74) is 1.97. The third-order valence-electron chi connectivity index (χ3n) is 5.12. The number of carboxylic acid groups (broad SMARTS) is 1. The fourth-order valence-electron chi connectivity index (χ4n) is 3.56. The highest BCUT2D eigenvalue weighted by molar-refractivity contribution is 7.15. The Morgan fingerprint density at radius 1 is 1.34 bits per heavy atom. The van der Waals surface area contributed by atoms with Gasteiger partial charge in [-0.2, -0.15) is 0 Å². The number of imidazole rings is 1. The zero-order chi connectivity index (χ0) is 23.3. The van der Waals surface area contributed by atoms with E-state index in [9.17, 15) is 9.59 Å². The summed E-state index contributed by atoms with van der Waals surface area (Å²) in [6.45, 7) is 7.33. The average molecular weight is 459 g/mol. The predicted molar refractivity (Wildman–Crippen MR) is 120 cm³/mol. The molecule has 1 atom stereocenters. The van der Waals surface area contributed by atoms with Crippen molar-refractivity contribution >= 4 is 45.8 Å². The average Bonchev–Trinajstić information content (AvgIpc) is 3.48. The lowest BCUT2D eigenvalue weighted by Crippen LogP contribution is -2.33. The van der Waals surface area contributed by atoms with E-state index in [4.69, 9.17) is 9.90 Å². The number of fused-ring (bicyclic) bond motifs is 1. The lowest BCUT2D eigenvalue weighted by atomic mass is 10.1. The topological polar surface area (TPSA) is 130 Å². The van der Waals surface area contributed by atoms with Crippen LogP contribution in [0.4, 0.5) is 5.13 Å². The van der Waals surface area contributed by atoms with E-state index >= 15 is 0 Å². The number of nitrogens with zero attached hydrogens (tertiary/aromatic N) is 5. The van der Waals surface area contributed by atoms with E-state index in [0.29, 0.717) is 18.2 Å². The first-order valence-corrected chi connectivity index (χ1v) is 11.1. The molecule has 1 saturated heterocycles. The van der Waals surface area contributed by atoms with E-state index in [0.717, 1.165) is 28.4 Å². The van der Waals surface area contributed by atoms with Gasteiger partial charge in [0.05, 0.1) is 23.5 Å². The highest BCUT2D eigenvalue weighted by Gasteiger charge is 2.36. The number of nitrogens with one attached hydrogen (secondary N) is 1. The van der Waals surface area contributed by atoms with Crippen molar-refractivity contribution in [1.82, 2.24) is 25.1 Å². The van der Waals surface area contributed by atoms with Gasteiger partial charge in [-0.05, 0) is 19.1 Å². The fraction of sp³-hybridized carbons (Fsp3) is 0.429. The van der Waals surface area contributed by atoms with Gasteiger partial charge in [0.25, 0.3) is 6.47 Å². The molecule has 1 aromatic carbocycles. The monoisotopic (exact) mass is 458 g/mol. The molecule has 3 aromatic rings. The van der Waals surface area contributed by atoms with E-state index in [-0.39, 0.29) is 30.6 Å². The second kappa shape index (κ2) is 10.3. The summed E-state index contributed by atoms with van der Waals surface area (Å²) in [6, 6.07) is 7.93. The van der Waals surface area contributed by atoms with Gasteiger partial charge in [-0.15, -0.1) is 10.2 Å². The molecule has 3 heterocycles. The largest absolute Gasteiger partial charge is 0.483 e. The van der Waals surface area contributed by atoms with E-state index in [2.05, 4.69) is 32.0 Å². The molecule has 0 bridgehead atoms. The van der Waals surface area contributed by atoms with Crippen molar-refractivity contribution in [3.63, 3.8) is 0 Å². The number of carbonyl (C=O) groups excluding carboxylic acids is 2. The van der Waals surface area contributed by atoms with Crippen molar-refractivity contribution < 1.29 is 19.5 Å². The van der Waals surface area contributed by atoms with Gasteiger partial charge >= 0.3 is 0 Å².